The molecular formula is C51H33N5. The zero-order valence-electron chi connectivity index (χ0n) is 30.3. The van der Waals surface area contributed by atoms with Gasteiger partial charge in [0.15, 0.2) is 17.5 Å². The quantitative estimate of drug-likeness (QED) is 0.172. The lowest BCUT2D eigenvalue weighted by Gasteiger charge is -2.13. The summed E-state index contributed by atoms with van der Waals surface area (Å²) in [5, 5.41) is 4.91. The second kappa shape index (κ2) is 13.0. The molecule has 11 aromatic rings. The fourth-order valence-electron chi connectivity index (χ4n) is 8.30. The molecule has 262 valence electrons. The Kier molecular flexibility index (Phi) is 7.42. The van der Waals surface area contributed by atoms with Gasteiger partial charge in [0.1, 0.15) is 0 Å². The van der Waals surface area contributed by atoms with Crippen molar-refractivity contribution in [1.82, 2.24) is 24.1 Å². The fourth-order valence-corrected chi connectivity index (χ4v) is 8.30. The van der Waals surface area contributed by atoms with Crippen molar-refractivity contribution in [2.45, 2.75) is 0 Å². The largest absolute Gasteiger partial charge is 0.309 e. The summed E-state index contributed by atoms with van der Waals surface area (Å²) in [5.41, 5.74) is 12.1. The first-order valence-electron chi connectivity index (χ1n) is 18.9. The average molecular weight is 716 g/mol. The van der Waals surface area contributed by atoms with Crippen LogP contribution in [0.4, 0.5) is 0 Å². The van der Waals surface area contributed by atoms with Crippen LogP contribution in [0.25, 0.3) is 100 Å². The van der Waals surface area contributed by atoms with E-state index in [1.165, 1.54) is 43.7 Å². The normalized spacial score (nSPS) is 11.6. The van der Waals surface area contributed by atoms with Crippen LogP contribution in [0.15, 0.2) is 200 Å². The van der Waals surface area contributed by atoms with Gasteiger partial charge >= 0.3 is 0 Å². The lowest BCUT2D eigenvalue weighted by molar-refractivity contribution is 1.07. The maximum atomic E-state index is 4.98. The fraction of sp³-hybridized carbons (Fsp3) is 0. The Labute approximate surface area is 323 Å². The number of fused-ring (bicyclic) bond motifs is 6. The Bertz CT molecular complexity index is 3160. The van der Waals surface area contributed by atoms with Crippen LogP contribution in [-0.2, 0) is 0 Å². The predicted octanol–water partition coefficient (Wildman–Crippen LogP) is 12.7. The molecule has 8 aromatic carbocycles. The van der Waals surface area contributed by atoms with E-state index in [1.54, 1.807) is 0 Å². The highest BCUT2D eigenvalue weighted by molar-refractivity contribution is 6.20. The molecule has 0 aliphatic rings. The number of hydrogen-bond acceptors (Lipinski definition) is 3. The van der Waals surface area contributed by atoms with Gasteiger partial charge in [0.2, 0.25) is 0 Å². The molecule has 5 heteroatoms. The summed E-state index contributed by atoms with van der Waals surface area (Å²) < 4.78 is 4.80. The maximum absolute atomic E-state index is 4.98. The Balaban J connectivity index is 1.09. The third-order valence-corrected chi connectivity index (χ3v) is 10.8. The highest BCUT2D eigenvalue weighted by Crippen LogP contribution is 2.43. The molecule has 11 rings (SSSR count). The summed E-state index contributed by atoms with van der Waals surface area (Å²) in [6, 6.07) is 70.4. The molecule has 0 spiro atoms. The highest BCUT2D eigenvalue weighted by atomic mass is 15.0. The SMILES string of the molecule is c1ccc(-c2nc(-c3ccccc3)nc(-c3ccc(-n4c5ccccc5c5c(-c6cccc7c8ccccc8n(-c8ccccc8)c67)cccc54)cc3)n2)cc1. The van der Waals surface area contributed by atoms with Crippen molar-refractivity contribution in [3.05, 3.63) is 200 Å². The third-order valence-electron chi connectivity index (χ3n) is 10.8. The topological polar surface area (TPSA) is 48.5 Å². The summed E-state index contributed by atoms with van der Waals surface area (Å²) in [7, 11) is 0. The highest BCUT2D eigenvalue weighted by Gasteiger charge is 2.21. The van der Waals surface area contributed by atoms with Crippen LogP contribution in [0.3, 0.4) is 0 Å². The Morgan fingerprint density at radius 3 is 1.38 bits per heavy atom. The summed E-state index contributed by atoms with van der Waals surface area (Å²) in [5.74, 6) is 1.93. The zero-order chi connectivity index (χ0) is 37.0. The lowest BCUT2D eigenvalue weighted by Crippen LogP contribution is -2.00. The van der Waals surface area contributed by atoms with Crippen molar-refractivity contribution >= 4 is 43.6 Å². The van der Waals surface area contributed by atoms with Gasteiger partial charge in [-0.15, -0.1) is 0 Å². The molecule has 0 amide bonds. The van der Waals surface area contributed by atoms with Gasteiger partial charge in [-0.2, -0.15) is 0 Å². The first-order valence-corrected chi connectivity index (χ1v) is 18.9. The minimum absolute atomic E-state index is 0.635. The first-order chi connectivity index (χ1) is 27.8. The molecular weight excluding hydrogens is 683 g/mol. The molecule has 3 aromatic heterocycles. The number of aromatic nitrogens is 5. The van der Waals surface area contributed by atoms with Gasteiger partial charge in [-0.05, 0) is 60.2 Å². The molecule has 0 aliphatic heterocycles. The van der Waals surface area contributed by atoms with Gasteiger partial charge < -0.3 is 9.13 Å². The van der Waals surface area contributed by atoms with Crippen molar-refractivity contribution < 1.29 is 0 Å². The van der Waals surface area contributed by atoms with Crippen molar-refractivity contribution in [3.8, 4) is 56.7 Å². The number of nitrogens with zero attached hydrogens (tertiary/aromatic N) is 5. The minimum atomic E-state index is 0.635. The number of hydrogen-bond donors (Lipinski definition) is 0. The van der Waals surface area contributed by atoms with Gasteiger partial charge in [-0.25, -0.2) is 15.0 Å². The van der Waals surface area contributed by atoms with Crippen LogP contribution >= 0.6 is 0 Å². The van der Waals surface area contributed by atoms with Gasteiger partial charge in [0.25, 0.3) is 0 Å². The van der Waals surface area contributed by atoms with Gasteiger partial charge in [0, 0.05) is 55.2 Å². The number of para-hydroxylation sites is 4. The Morgan fingerprint density at radius 2 is 0.732 bits per heavy atom. The van der Waals surface area contributed by atoms with E-state index in [0.29, 0.717) is 17.5 Å². The van der Waals surface area contributed by atoms with Crippen LogP contribution in [0.2, 0.25) is 0 Å². The minimum Gasteiger partial charge on any atom is -0.309 e. The van der Waals surface area contributed by atoms with Crippen LogP contribution < -0.4 is 0 Å². The molecule has 5 nitrogen and oxygen atoms in total. The molecule has 0 radical (unpaired) electrons. The molecule has 0 saturated heterocycles. The Morgan fingerprint density at radius 1 is 0.286 bits per heavy atom. The van der Waals surface area contributed by atoms with Gasteiger partial charge in [-0.1, -0.05) is 146 Å². The standard InChI is InChI=1S/C51H33N5/c1-4-16-34(17-5-1)49-52-50(35-18-6-2-7-19-35)54-51(53-49)36-30-32-38(33-31-36)55-45-28-13-11-23-43(45)47-40(24-15-29-46(47)55)42-26-14-25-41-39-22-10-12-27-44(39)56(48(41)42)37-20-8-3-9-21-37/h1-33H. The van der Waals surface area contributed by atoms with Crippen LogP contribution in [0.1, 0.15) is 0 Å². The molecule has 0 bridgehead atoms. The predicted molar refractivity (Wildman–Crippen MR) is 230 cm³/mol. The molecule has 0 unspecified atom stereocenters. The van der Waals surface area contributed by atoms with Crippen molar-refractivity contribution in [2.24, 2.45) is 0 Å². The monoisotopic (exact) mass is 715 g/mol. The number of benzene rings is 8. The van der Waals surface area contributed by atoms with Crippen LogP contribution in [-0.4, -0.2) is 24.1 Å². The second-order valence-corrected chi connectivity index (χ2v) is 14.0. The summed E-state index contributed by atoms with van der Waals surface area (Å²) in [4.78, 5) is 14.8. The smallest absolute Gasteiger partial charge is 0.164 e. The summed E-state index contributed by atoms with van der Waals surface area (Å²) in [6.07, 6.45) is 0. The van der Waals surface area contributed by atoms with E-state index in [9.17, 15) is 0 Å². The van der Waals surface area contributed by atoms with E-state index in [0.717, 1.165) is 39.1 Å². The molecule has 56 heavy (non-hydrogen) atoms. The van der Waals surface area contributed by atoms with Crippen molar-refractivity contribution in [2.75, 3.05) is 0 Å². The zero-order valence-corrected chi connectivity index (χ0v) is 30.3. The van der Waals surface area contributed by atoms with Gasteiger partial charge in [-0.3, -0.25) is 0 Å². The van der Waals surface area contributed by atoms with Crippen molar-refractivity contribution in [3.63, 3.8) is 0 Å². The average Bonchev–Trinajstić information content (AvgIpc) is 3.81. The molecule has 0 fully saturated rings. The van der Waals surface area contributed by atoms with Crippen LogP contribution in [0.5, 0.6) is 0 Å². The van der Waals surface area contributed by atoms with E-state index in [1.807, 2.05) is 60.7 Å². The summed E-state index contributed by atoms with van der Waals surface area (Å²) >= 11 is 0. The number of rotatable bonds is 6. The maximum Gasteiger partial charge on any atom is 0.164 e. The first kappa shape index (κ1) is 31.9. The third kappa shape index (κ3) is 5.13. The molecule has 3 heterocycles. The van der Waals surface area contributed by atoms with Crippen molar-refractivity contribution in [1.29, 1.82) is 0 Å². The van der Waals surface area contributed by atoms with Gasteiger partial charge in [0.05, 0.1) is 22.1 Å². The molecule has 0 N–H and O–H groups in total. The van der Waals surface area contributed by atoms with Crippen LogP contribution in [0, 0.1) is 0 Å². The summed E-state index contributed by atoms with van der Waals surface area (Å²) in [6.45, 7) is 0. The van der Waals surface area contributed by atoms with E-state index in [-0.39, 0.29) is 0 Å². The van der Waals surface area contributed by atoms with E-state index in [4.69, 9.17) is 15.0 Å². The molecule has 0 saturated carbocycles. The molecule has 0 aliphatic carbocycles. The Hall–Kier alpha value is -7.63. The van der Waals surface area contributed by atoms with E-state index < -0.39 is 0 Å². The molecule has 0 atom stereocenters. The van der Waals surface area contributed by atoms with E-state index >= 15 is 0 Å². The second-order valence-electron chi connectivity index (χ2n) is 14.0. The lowest BCUT2D eigenvalue weighted by atomic mass is 9.97. The van der Waals surface area contributed by atoms with E-state index in [2.05, 4.69) is 149 Å².